The van der Waals surface area contributed by atoms with Crippen LogP contribution in [0, 0.1) is 21.7 Å². The van der Waals surface area contributed by atoms with E-state index in [1.54, 1.807) is 4.68 Å². The van der Waals surface area contributed by atoms with E-state index in [4.69, 9.17) is 61.6 Å². The number of nitrogens with two attached hydrogens (primary N) is 1. The maximum absolute atomic E-state index is 14.2. The molecular formula is C26H22Cl4F2N6O6. The number of anilines is 1. The Morgan fingerprint density at radius 1 is 0.705 bits per heavy atom. The van der Waals surface area contributed by atoms with Gasteiger partial charge in [-0.1, -0.05) is 46.4 Å². The molecule has 0 bridgehead atoms. The zero-order chi connectivity index (χ0) is 31.9. The average molecular weight is 694 g/mol. The zero-order valence-corrected chi connectivity index (χ0v) is 25.5. The molecule has 4 heterocycles. The van der Waals surface area contributed by atoms with Crippen molar-refractivity contribution in [1.29, 1.82) is 0 Å². The summed E-state index contributed by atoms with van der Waals surface area (Å²) in [5.41, 5.74) is 4.28. The van der Waals surface area contributed by atoms with Gasteiger partial charge in [0.1, 0.15) is 27.0 Å². The molecule has 0 aliphatic carbocycles. The molecule has 234 valence electrons. The van der Waals surface area contributed by atoms with Crippen LogP contribution in [-0.2, 0) is 35.7 Å². The first-order valence-electron chi connectivity index (χ1n) is 12.9. The first kappa shape index (κ1) is 32.0. The third-order valence-corrected chi connectivity index (χ3v) is 8.39. The molecule has 2 aliphatic heterocycles. The number of nitrogens with zero attached hydrogens (tertiary/aromatic N) is 5. The summed E-state index contributed by atoms with van der Waals surface area (Å²) in [6.07, 6.45) is 0. The Morgan fingerprint density at radius 2 is 1.11 bits per heavy atom. The number of benzene rings is 2. The first-order valence-corrected chi connectivity index (χ1v) is 14.5. The van der Waals surface area contributed by atoms with E-state index in [0.29, 0.717) is 46.1 Å². The highest BCUT2D eigenvalue weighted by atomic mass is 35.5. The number of nitro groups is 1. The average Bonchev–Trinajstić information content (AvgIpc) is 3.22. The van der Waals surface area contributed by atoms with Crippen LogP contribution in [0.4, 0.5) is 20.2 Å². The van der Waals surface area contributed by atoms with Crippen LogP contribution in [-0.4, -0.2) is 50.1 Å². The van der Waals surface area contributed by atoms with E-state index in [1.807, 2.05) is 0 Å². The molecule has 6 rings (SSSR count). The summed E-state index contributed by atoms with van der Waals surface area (Å²) in [7, 11) is 0. The van der Waals surface area contributed by atoms with E-state index in [9.17, 15) is 28.5 Å². The normalized spacial score (nSPS) is 14.6. The molecule has 44 heavy (non-hydrogen) atoms. The minimum absolute atomic E-state index is 0.0102. The lowest BCUT2D eigenvalue weighted by Gasteiger charge is -2.06. The molecule has 0 saturated carbocycles. The molecular weight excluding hydrogens is 672 g/mol. The number of rotatable bonds is 3. The van der Waals surface area contributed by atoms with Crippen LogP contribution in [0.3, 0.4) is 0 Å². The van der Waals surface area contributed by atoms with Crippen molar-refractivity contribution in [3.05, 3.63) is 87.1 Å². The van der Waals surface area contributed by atoms with Gasteiger partial charge in [-0.3, -0.25) is 29.1 Å². The van der Waals surface area contributed by atoms with Crippen LogP contribution in [0.15, 0.2) is 33.9 Å². The van der Waals surface area contributed by atoms with Crippen LogP contribution >= 0.6 is 46.4 Å². The predicted octanol–water partition coefficient (Wildman–Crippen LogP) is 5.08. The van der Waals surface area contributed by atoms with Gasteiger partial charge in [-0.25, -0.2) is 18.1 Å². The molecule has 2 aliphatic rings. The van der Waals surface area contributed by atoms with E-state index >= 15 is 0 Å². The van der Waals surface area contributed by atoms with E-state index in [2.05, 4.69) is 0 Å². The number of ether oxygens (including phenoxy) is 2. The standard InChI is InChI=1S/C13H10Cl2FN3O4.C13H12Cl2FN3O2/c14-8-6-9(16)7(5-10(8)19(21)22)11-12(15)17-1-3-23-4-2-18(17)13(11)20;14-8-6-9(16)7(5-10(8)17)11-12(15)18-1-3-21-4-2-19(18)13(11)20/h5-6H,1-4H2;5-6H,1-4,17H2. The minimum atomic E-state index is -0.850. The summed E-state index contributed by atoms with van der Waals surface area (Å²) < 4.78 is 44.8. The van der Waals surface area contributed by atoms with E-state index in [0.717, 1.165) is 18.2 Å². The molecule has 2 N–H and O–H groups in total. The second-order valence-electron chi connectivity index (χ2n) is 9.55. The molecule has 2 aromatic carbocycles. The Morgan fingerprint density at radius 3 is 1.57 bits per heavy atom. The Bertz CT molecular complexity index is 1900. The van der Waals surface area contributed by atoms with Gasteiger partial charge in [0.05, 0.1) is 79.4 Å². The monoisotopic (exact) mass is 692 g/mol. The van der Waals surface area contributed by atoms with Gasteiger partial charge in [-0.2, -0.15) is 0 Å². The van der Waals surface area contributed by atoms with Gasteiger partial charge in [0.2, 0.25) is 0 Å². The first-order chi connectivity index (χ1) is 20.9. The molecule has 12 nitrogen and oxygen atoms in total. The Kier molecular flexibility index (Phi) is 9.39. The maximum Gasteiger partial charge on any atom is 0.288 e. The highest BCUT2D eigenvalue weighted by Crippen LogP contribution is 2.35. The number of nitro benzene ring substituents is 1. The number of hydrogen-bond acceptors (Lipinski definition) is 7. The zero-order valence-electron chi connectivity index (χ0n) is 22.5. The molecule has 0 fully saturated rings. The van der Waals surface area contributed by atoms with Gasteiger partial charge in [0.15, 0.2) is 0 Å². The number of fused-ring (bicyclic) bond motifs is 2. The lowest BCUT2D eigenvalue weighted by Crippen LogP contribution is -2.23. The Hall–Kier alpha value is -3.40. The van der Waals surface area contributed by atoms with Crippen LogP contribution in [0.25, 0.3) is 22.3 Å². The van der Waals surface area contributed by atoms with Crippen molar-refractivity contribution in [3.63, 3.8) is 0 Å². The molecule has 4 aromatic rings. The summed E-state index contributed by atoms with van der Waals surface area (Å²) in [5, 5.41) is 10.9. The second kappa shape index (κ2) is 12.9. The van der Waals surface area contributed by atoms with Crippen molar-refractivity contribution in [3.8, 4) is 22.3 Å². The summed E-state index contributed by atoms with van der Waals surface area (Å²) >= 11 is 23.9. The highest BCUT2D eigenvalue weighted by molar-refractivity contribution is 6.34. The summed E-state index contributed by atoms with van der Waals surface area (Å²) in [6, 6.07) is 4.15. The molecule has 0 atom stereocenters. The van der Waals surface area contributed by atoms with Gasteiger partial charge in [-0.15, -0.1) is 0 Å². The lowest BCUT2D eigenvalue weighted by molar-refractivity contribution is -0.384. The van der Waals surface area contributed by atoms with E-state index in [-0.39, 0.29) is 60.4 Å². The molecule has 0 saturated heterocycles. The molecule has 0 spiro atoms. The summed E-state index contributed by atoms with van der Waals surface area (Å²) in [4.78, 5) is 35.3. The number of nitrogen functional groups attached to an aromatic ring is 1. The lowest BCUT2D eigenvalue weighted by atomic mass is 10.1. The highest BCUT2D eigenvalue weighted by Gasteiger charge is 2.27. The summed E-state index contributed by atoms with van der Waals surface area (Å²) in [5.74, 6) is -1.48. The fourth-order valence-corrected chi connectivity index (χ4v) is 5.98. The third-order valence-electron chi connectivity index (χ3n) is 6.99. The van der Waals surface area contributed by atoms with Gasteiger partial charge in [0, 0.05) is 23.3 Å². The van der Waals surface area contributed by atoms with Crippen LogP contribution in [0.1, 0.15) is 0 Å². The quantitative estimate of drug-likeness (QED) is 0.179. The van der Waals surface area contributed by atoms with Crippen molar-refractivity contribution in [2.75, 3.05) is 32.2 Å². The molecule has 18 heteroatoms. The molecule has 2 aromatic heterocycles. The van der Waals surface area contributed by atoms with Crippen molar-refractivity contribution in [1.82, 2.24) is 18.7 Å². The van der Waals surface area contributed by atoms with E-state index < -0.39 is 27.8 Å². The third kappa shape index (κ3) is 5.85. The van der Waals surface area contributed by atoms with Gasteiger partial charge in [0.25, 0.3) is 16.8 Å². The Balaban J connectivity index is 0.000000175. The number of aromatic nitrogens is 4. The van der Waals surface area contributed by atoms with Crippen LogP contribution in [0.2, 0.25) is 20.4 Å². The minimum Gasteiger partial charge on any atom is -0.398 e. The van der Waals surface area contributed by atoms with Gasteiger partial charge in [-0.05, 0) is 12.1 Å². The molecule has 0 radical (unpaired) electrons. The number of halogens is 6. The molecule has 0 amide bonds. The van der Waals surface area contributed by atoms with Crippen LogP contribution in [0.5, 0.6) is 0 Å². The number of hydrogen-bond donors (Lipinski definition) is 1. The SMILES string of the molecule is Nc1cc(-c2c(Cl)n3n(c2=O)CCOCC3)c(F)cc1Cl.O=c1c(-c2cc([N+](=O)[O-])c(Cl)cc2F)c(Cl)n2n1CCOCC2. The van der Waals surface area contributed by atoms with Crippen molar-refractivity contribution >= 4 is 57.8 Å². The van der Waals surface area contributed by atoms with Crippen molar-refractivity contribution in [2.45, 2.75) is 26.2 Å². The fraction of sp³-hybridized carbons (Fsp3) is 0.308. The van der Waals surface area contributed by atoms with Gasteiger partial charge < -0.3 is 15.2 Å². The fourth-order valence-electron chi connectivity index (χ4n) is 4.89. The smallest absolute Gasteiger partial charge is 0.288 e. The van der Waals surface area contributed by atoms with E-state index in [1.165, 1.54) is 20.1 Å². The predicted molar refractivity (Wildman–Crippen MR) is 161 cm³/mol. The Labute approximate surface area is 266 Å². The summed E-state index contributed by atoms with van der Waals surface area (Å²) in [6.45, 7) is 2.91. The largest absolute Gasteiger partial charge is 0.398 e. The molecule has 0 unspecified atom stereocenters. The van der Waals surface area contributed by atoms with Crippen LogP contribution < -0.4 is 16.9 Å². The van der Waals surface area contributed by atoms with Gasteiger partial charge >= 0.3 is 0 Å². The van der Waals surface area contributed by atoms with Crippen molar-refractivity contribution in [2.24, 2.45) is 0 Å². The topological polar surface area (TPSA) is 141 Å². The maximum atomic E-state index is 14.2. The van der Waals surface area contributed by atoms with Crippen molar-refractivity contribution < 1.29 is 23.2 Å². The second-order valence-corrected chi connectivity index (χ2v) is 11.1.